The van der Waals surface area contributed by atoms with E-state index in [1.54, 1.807) is 0 Å². The van der Waals surface area contributed by atoms with Gasteiger partial charge in [-0.3, -0.25) is 4.79 Å². The molecule has 0 radical (unpaired) electrons. The first-order valence-corrected chi connectivity index (χ1v) is 7.48. The molecule has 2 N–H and O–H groups in total. The second-order valence-electron chi connectivity index (χ2n) is 5.42. The molecular weight excluding hydrogens is 260 g/mol. The van der Waals surface area contributed by atoms with Gasteiger partial charge in [-0.2, -0.15) is 0 Å². The molecule has 3 heteroatoms. The Balaban J connectivity index is 1.86. The molecule has 21 heavy (non-hydrogen) atoms. The predicted octanol–water partition coefficient (Wildman–Crippen LogP) is 2.78. The van der Waals surface area contributed by atoms with E-state index < -0.39 is 0 Å². The fourth-order valence-corrected chi connectivity index (χ4v) is 2.88. The van der Waals surface area contributed by atoms with Crippen molar-refractivity contribution in [2.75, 3.05) is 18.0 Å². The number of carbonyl (C=O) groups excluding carboxylic acids is 1. The lowest BCUT2D eigenvalue weighted by Crippen LogP contribution is -2.35. The Kier molecular flexibility index (Phi) is 4.02. The fourth-order valence-electron chi connectivity index (χ4n) is 2.88. The monoisotopic (exact) mass is 280 g/mol. The molecule has 1 aliphatic rings. The second-order valence-corrected chi connectivity index (χ2v) is 5.42. The van der Waals surface area contributed by atoms with Crippen LogP contribution in [-0.2, 0) is 12.8 Å². The first-order valence-electron chi connectivity index (χ1n) is 7.48. The third-order valence-corrected chi connectivity index (χ3v) is 3.99. The lowest BCUT2D eigenvalue weighted by Gasteiger charge is -2.29. The van der Waals surface area contributed by atoms with Crippen molar-refractivity contribution in [2.24, 2.45) is 5.73 Å². The van der Waals surface area contributed by atoms with E-state index in [0.29, 0.717) is 6.54 Å². The van der Waals surface area contributed by atoms with Gasteiger partial charge in [-0.05, 0) is 55.1 Å². The number of nitrogens with two attached hydrogens (primary N) is 1. The number of fused-ring (bicyclic) bond motifs is 1. The van der Waals surface area contributed by atoms with Gasteiger partial charge in [-0.15, -0.1) is 0 Å². The van der Waals surface area contributed by atoms with Crippen molar-refractivity contribution < 1.29 is 4.79 Å². The van der Waals surface area contributed by atoms with E-state index >= 15 is 0 Å². The molecule has 0 atom stereocenters. The van der Waals surface area contributed by atoms with Gasteiger partial charge in [0.2, 0.25) is 0 Å². The Morgan fingerprint density at radius 3 is 2.62 bits per heavy atom. The van der Waals surface area contributed by atoms with Crippen molar-refractivity contribution in [3.63, 3.8) is 0 Å². The SMILES string of the molecule is NCCc1ccc(C(=O)N2CCCc3ccccc32)cc1. The van der Waals surface area contributed by atoms with Gasteiger partial charge in [0, 0.05) is 17.8 Å². The summed E-state index contributed by atoms with van der Waals surface area (Å²) < 4.78 is 0. The topological polar surface area (TPSA) is 46.3 Å². The summed E-state index contributed by atoms with van der Waals surface area (Å²) in [4.78, 5) is 14.6. The maximum Gasteiger partial charge on any atom is 0.258 e. The van der Waals surface area contributed by atoms with Crippen LogP contribution in [-0.4, -0.2) is 19.0 Å². The van der Waals surface area contributed by atoms with Crippen molar-refractivity contribution in [1.29, 1.82) is 0 Å². The Hall–Kier alpha value is -2.13. The van der Waals surface area contributed by atoms with E-state index in [1.165, 1.54) is 11.1 Å². The summed E-state index contributed by atoms with van der Waals surface area (Å²) in [6.45, 7) is 1.42. The number of aryl methyl sites for hydroxylation is 1. The molecule has 0 aliphatic carbocycles. The molecule has 3 rings (SSSR count). The first-order chi connectivity index (χ1) is 10.3. The van der Waals surface area contributed by atoms with Gasteiger partial charge < -0.3 is 10.6 Å². The van der Waals surface area contributed by atoms with Crippen LogP contribution in [0, 0.1) is 0 Å². The highest BCUT2D eigenvalue weighted by molar-refractivity contribution is 6.06. The molecule has 0 saturated heterocycles. The van der Waals surface area contributed by atoms with Gasteiger partial charge in [0.1, 0.15) is 0 Å². The van der Waals surface area contributed by atoms with Crippen molar-refractivity contribution >= 4 is 11.6 Å². The highest BCUT2D eigenvalue weighted by Crippen LogP contribution is 2.28. The van der Waals surface area contributed by atoms with Crippen LogP contribution in [0.5, 0.6) is 0 Å². The minimum Gasteiger partial charge on any atom is -0.330 e. The number of para-hydroxylation sites is 1. The summed E-state index contributed by atoms with van der Waals surface area (Å²) in [5.74, 6) is 0.0847. The zero-order valence-corrected chi connectivity index (χ0v) is 12.1. The maximum atomic E-state index is 12.7. The average Bonchev–Trinajstić information content (AvgIpc) is 2.55. The van der Waals surface area contributed by atoms with Crippen LogP contribution in [0.2, 0.25) is 0 Å². The lowest BCUT2D eigenvalue weighted by molar-refractivity contribution is 0.0985. The number of benzene rings is 2. The summed E-state index contributed by atoms with van der Waals surface area (Å²) in [7, 11) is 0. The molecule has 2 aromatic carbocycles. The second kappa shape index (κ2) is 6.10. The Morgan fingerprint density at radius 1 is 1.10 bits per heavy atom. The van der Waals surface area contributed by atoms with E-state index in [9.17, 15) is 4.79 Å². The van der Waals surface area contributed by atoms with Crippen molar-refractivity contribution in [3.8, 4) is 0 Å². The number of hydrogen-bond donors (Lipinski definition) is 1. The third kappa shape index (κ3) is 2.83. The molecule has 0 saturated carbocycles. The molecule has 0 spiro atoms. The van der Waals surface area contributed by atoms with Gasteiger partial charge >= 0.3 is 0 Å². The number of nitrogens with zero attached hydrogens (tertiary/aromatic N) is 1. The van der Waals surface area contributed by atoms with Crippen LogP contribution in [0.25, 0.3) is 0 Å². The van der Waals surface area contributed by atoms with Gasteiger partial charge in [0.25, 0.3) is 5.91 Å². The van der Waals surface area contributed by atoms with Crippen molar-refractivity contribution in [1.82, 2.24) is 0 Å². The zero-order valence-electron chi connectivity index (χ0n) is 12.1. The lowest BCUT2D eigenvalue weighted by atomic mass is 10.0. The largest absolute Gasteiger partial charge is 0.330 e. The first kappa shape index (κ1) is 13.8. The normalized spacial score (nSPS) is 13.9. The smallest absolute Gasteiger partial charge is 0.258 e. The van der Waals surface area contributed by atoms with Crippen LogP contribution >= 0.6 is 0 Å². The maximum absolute atomic E-state index is 12.7. The summed E-state index contributed by atoms with van der Waals surface area (Å²) in [5, 5.41) is 0. The van der Waals surface area contributed by atoms with Gasteiger partial charge in [-0.25, -0.2) is 0 Å². The number of rotatable bonds is 3. The molecule has 0 bridgehead atoms. The van der Waals surface area contributed by atoms with Gasteiger partial charge in [-0.1, -0.05) is 30.3 Å². The van der Waals surface area contributed by atoms with E-state index in [4.69, 9.17) is 5.73 Å². The minimum absolute atomic E-state index is 0.0847. The average molecular weight is 280 g/mol. The summed E-state index contributed by atoms with van der Waals surface area (Å²) in [6, 6.07) is 16.0. The summed E-state index contributed by atoms with van der Waals surface area (Å²) >= 11 is 0. The number of anilines is 1. The van der Waals surface area contributed by atoms with E-state index in [2.05, 4.69) is 6.07 Å². The molecule has 3 nitrogen and oxygen atoms in total. The molecule has 0 fully saturated rings. The van der Waals surface area contributed by atoms with Crippen LogP contribution in [0.15, 0.2) is 48.5 Å². The summed E-state index contributed by atoms with van der Waals surface area (Å²) in [5.41, 5.74) is 9.79. The van der Waals surface area contributed by atoms with Gasteiger partial charge in [0.05, 0.1) is 0 Å². The highest BCUT2D eigenvalue weighted by atomic mass is 16.2. The molecule has 0 unspecified atom stereocenters. The highest BCUT2D eigenvalue weighted by Gasteiger charge is 2.22. The molecule has 1 amide bonds. The van der Waals surface area contributed by atoms with E-state index in [1.807, 2.05) is 47.4 Å². The van der Waals surface area contributed by atoms with Crippen LogP contribution in [0.3, 0.4) is 0 Å². The molecule has 108 valence electrons. The van der Waals surface area contributed by atoms with Crippen LogP contribution < -0.4 is 10.6 Å². The van der Waals surface area contributed by atoms with Crippen molar-refractivity contribution in [3.05, 3.63) is 65.2 Å². The van der Waals surface area contributed by atoms with Gasteiger partial charge in [0.15, 0.2) is 0 Å². The molecular formula is C18H20N2O. The van der Waals surface area contributed by atoms with Crippen molar-refractivity contribution in [2.45, 2.75) is 19.3 Å². The minimum atomic E-state index is 0.0847. The van der Waals surface area contributed by atoms with E-state index in [-0.39, 0.29) is 5.91 Å². The Morgan fingerprint density at radius 2 is 1.86 bits per heavy atom. The Labute approximate surface area is 125 Å². The number of hydrogen-bond acceptors (Lipinski definition) is 2. The van der Waals surface area contributed by atoms with E-state index in [0.717, 1.165) is 37.1 Å². The molecule has 1 heterocycles. The predicted molar refractivity (Wildman–Crippen MR) is 85.6 cm³/mol. The van der Waals surface area contributed by atoms with Crippen LogP contribution in [0.4, 0.5) is 5.69 Å². The molecule has 1 aliphatic heterocycles. The number of carbonyl (C=O) groups is 1. The fraction of sp³-hybridized carbons (Fsp3) is 0.278. The zero-order chi connectivity index (χ0) is 14.7. The third-order valence-electron chi connectivity index (χ3n) is 3.99. The standard InChI is InChI=1S/C18H20N2O/c19-12-11-14-7-9-16(10-8-14)18(21)20-13-3-5-15-4-1-2-6-17(15)20/h1-2,4,6-10H,3,5,11-13,19H2. The quantitative estimate of drug-likeness (QED) is 0.939. The molecule has 2 aromatic rings. The summed E-state index contributed by atoms with van der Waals surface area (Å²) in [6.07, 6.45) is 2.92. The number of amides is 1. The molecule has 0 aromatic heterocycles. The van der Waals surface area contributed by atoms with Crippen LogP contribution in [0.1, 0.15) is 27.9 Å². The Bertz CT molecular complexity index is 634.